The van der Waals surface area contributed by atoms with Gasteiger partial charge in [0.1, 0.15) is 0 Å². The van der Waals surface area contributed by atoms with E-state index in [1.54, 1.807) is 0 Å². The van der Waals surface area contributed by atoms with Gasteiger partial charge in [0.05, 0.1) is 6.54 Å². The van der Waals surface area contributed by atoms with Crippen molar-refractivity contribution in [2.45, 2.75) is 13.1 Å². The van der Waals surface area contributed by atoms with Gasteiger partial charge in [-0.3, -0.25) is 4.90 Å². The molecule has 1 aliphatic rings. The molecule has 2 aromatic rings. The average molecular weight is 233 g/mol. The zero-order valence-corrected chi connectivity index (χ0v) is 10.3. The van der Waals surface area contributed by atoms with Gasteiger partial charge in [-0.25, -0.2) is 0 Å². The molecule has 88 valence electrons. The van der Waals surface area contributed by atoms with Crippen LogP contribution >= 0.6 is 0 Å². The SMILES string of the molecule is C#CCN1Cc2ccccc2-c2ccccc2C1. The van der Waals surface area contributed by atoms with Crippen LogP contribution in [-0.2, 0) is 13.1 Å². The molecule has 0 saturated heterocycles. The van der Waals surface area contributed by atoms with Crippen molar-refractivity contribution in [1.29, 1.82) is 0 Å². The van der Waals surface area contributed by atoms with Gasteiger partial charge in [0.15, 0.2) is 0 Å². The molecule has 0 unspecified atom stereocenters. The molecule has 0 N–H and O–H groups in total. The molecule has 1 heterocycles. The van der Waals surface area contributed by atoms with Crippen molar-refractivity contribution in [3.8, 4) is 23.5 Å². The first kappa shape index (κ1) is 11.1. The third-order valence-corrected chi connectivity index (χ3v) is 3.43. The van der Waals surface area contributed by atoms with E-state index in [1.807, 2.05) is 0 Å². The quantitative estimate of drug-likeness (QED) is 0.683. The van der Waals surface area contributed by atoms with Gasteiger partial charge in [-0.05, 0) is 22.3 Å². The lowest BCUT2D eigenvalue weighted by molar-refractivity contribution is 0.294. The van der Waals surface area contributed by atoms with Crippen LogP contribution < -0.4 is 0 Å². The number of benzene rings is 2. The highest BCUT2D eigenvalue weighted by molar-refractivity contribution is 5.71. The maximum atomic E-state index is 5.46. The standard InChI is InChI=1S/C17H15N/c1-2-11-18-12-14-7-3-5-9-16(14)17-10-6-4-8-15(17)13-18/h1,3-10H,11-13H2. The van der Waals surface area contributed by atoms with Gasteiger partial charge in [0, 0.05) is 13.1 Å². The number of hydrogen-bond donors (Lipinski definition) is 0. The van der Waals surface area contributed by atoms with Gasteiger partial charge in [0.25, 0.3) is 0 Å². The molecule has 0 atom stereocenters. The van der Waals surface area contributed by atoms with Crippen LogP contribution in [0.2, 0.25) is 0 Å². The van der Waals surface area contributed by atoms with E-state index in [2.05, 4.69) is 59.4 Å². The summed E-state index contributed by atoms with van der Waals surface area (Å²) in [6.45, 7) is 2.55. The fourth-order valence-corrected chi connectivity index (χ4v) is 2.62. The third-order valence-electron chi connectivity index (χ3n) is 3.43. The van der Waals surface area contributed by atoms with E-state index in [1.165, 1.54) is 22.3 Å². The number of fused-ring (bicyclic) bond motifs is 3. The minimum Gasteiger partial charge on any atom is -0.284 e. The number of rotatable bonds is 1. The molecule has 0 spiro atoms. The summed E-state index contributed by atoms with van der Waals surface area (Å²) in [5, 5.41) is 0. The molecule has 0 bridgehead atoms. The van der Waals surface area contributed by atoms with Crippen molar-refractivity contribution in [2.75, 3.05) is 6.54 Å². The van der Waals surface area contributed by atoms with Crippen molar-refractivity contribution in [3.05, 3.63) is 59.7 Å². The number of terminal acetylenes is 1. The molecular formula is C17H15N. The second kappa shape index (κ2) is 4.68. The zero-order valence-electron chi connectivity index (χ0n) is 10.3. The Morgan fingerprint density at radius 3 is 1.89 bits per heavy atom. The van der Waals surface area contributed by atoms with Gasteiger partial charge in [-0.15, -0.1) is 6.42 Å². The van der Waals surface area contributed by atoms with E-state index >= 15 is 0 Å². The van der Waals surface area contributed by atoms with Crippen molar-refractivity contribution in [3.63, 3.8) is 0 Å². The van der Waals surface area contributed by atoms with Crippen LogP contribution in [0, 0.1) is 12.3 Å². The van der Waals surface area contributed by atoms with Crippen LogP contribution in [-0.4, -0.2) is 11.4 Å². The molecule has 1 aliphatic heterocycles. The third kappa shape index (κ3) is 1.92. The smallest absolute Gasteiger partial charge is 0.0605 e. The first-order valence-electron chi connectivity index (χ1n) is 6.20. The Balaban J connectivity index is 2.15. The Morgan fingerprint density at radius 1 is 0.889 bits per heavy atom. The van der Waals surface area contributed by atoms with E-state index in [4.69, 9.17) is 6.42 Å². The first-order valence-corrected chi connectivity index (χ1v) is 6.20. The molecule has 18 heavy (non-hydrogen) atoms. The van der Waals surface area contributed by atoms with Crippen LogP contribution in [0.3, 0.4) is 0 Å². The molecule has 0 aromatic heterocycles. The van der Waals surface area contributed by atoms with Gasteiger partial charge in [-0.2, -0.15) is 0 Å². The zero-order chi connectivity index (χ0) is 12.4. The molecule has 1 heteroatoms. The van der Waals surface area contributed by atoms with Gasteiger partial charge in [-0.1, -0.05) is 54.5 Å². The Kier molecular flexibility index (Phi) is 2.88. The topological polar surface area (TPSA) is 3.24 Å². The summed E-state index contributed by atoms with van der Waals surface area (Å²) in [4.78, 5) is 2.31. The molecule has 0 amide bonds. The monoisotopic (exact) mass is 233 g/mol. The Hall–Kier alpha value is -2.04. The lowest BCUT2D eigenvalue weighted by atomic mass is 9.97. The Morgan fingerprint density at radius 2 is 1.39 bits per heavy atom. The fraction of sp³-hybridized carbons (Fsp3) is 0.176. The van der Waals surface area contributed by atoms with E-state index in [9.17, 15) is 0 Å². The van der Waals surface area contributed by atoms with Crippen molar-refractivity contribution in [1.82, 2.24) is 4.90 Å². The molecule has 0 aliphatic carbocycles. The predicted molar refractivity (Wildman–Crippen MR) is 74.8 cm³/mol. The lowest BCUT2D eigenvalue weighted by Gasteiger charge is -2.17. The average Bonchev–Trinajstić information content (AvgIpc) is 2.55. The summed E-state index contributed by atoms with van der Waals surface area (Å²) >= 11 is 0. The molecule has 1 nitrogen and oxygen atoms in total. The summed E-state index contributed by atoms with van der Waals surface area (Å²) in [6, 6.07) is 17.2. The summed E-state index contributed by atoms with van der Waals surface area (Å²) in [7, 11) is 0. The minimum absolute atomic E-state index is 0.697. The van der Waals surface area contributed by atoms with Crippen LogP contribution in [0.15, 0.2) is 48.5 Å². The van der Waals surface area contributed by atoms with E-state index in [0.717, 1.165) is 13.1 Å². The van der Waals surface area contributed by atoms with Crippen molar-refractivity contribution < 1.29 is 0 Å². The number of nitrogens with zero attached hydrogens (tertiary/aromatic N) is 1. The van der Waals surface area contributed by atoms with Crippen LogP contribution in [0.25, 0.3) is 11.1 Å². The Bertz CT molecular complexity index is 560. The summed E-state index contributed by atoms with van der Waals surface area (Å²) < 4.78 is 0. The highest BCUT2D eigenvalue weighted by atomic mass is 15.1. The Labute approximate surface area is 108 Å². The van der Waals surface area contributed by atoms with Crippen molar-refractivity contribution >= 4 is 0 Å². The van der Waals surface area contributed by atoms with Gasteiger partial charge >= 0.3 is 0 Å². The minimum atomic E-state index is 0.697. The van der Waals surface area contributed by atoms with Crippen LogP contribution in [0.1, 0.15) is 11.1 Å². The van der Waals surface area contributed by atoms with Crippen molar-refractivity contribution in [2.24, 2.45) is 0 Å². The number of hydrogen-bond acceptors (Lipinski definition) is 1. The normalized spacial score (nSPS) is 14.2. The second-order valence-electron chi connectivity index (χ2n) is 4.66. The maximum absolute atomic E-state index is 5.46. The van der Waals surface area contributed by atoms with E-state index < -0.39 is 0 Å². The molecular weight excluding hydrogens is 218 g/mol. The summed E-state index contributed by atoms with van der Waals surface area (Å²) in [5.41, 5.74) is 5.40. The fourth-order valence-electron chi connectivity index (χ4n) is 2.62. The van der Waals surface area contributed by atoms with E-state index in [-0.39, 0.29) is 0 Å². The first-order chi connectivity index (χ1) is 8.88. The van der Waals surface area contributed by atoms with Crippen LogP contribution in [0.5, 0.6) is 0 Å². The molecule has 0 saturated carbocycles. The van der Waals surface area contributed by atoms with Crippen LogP contribution in [0.4, 0.5) is 0 Å². The van der Waals surface area contributed by atoms with Gasteiger partial charge < -0.3 is 0 Å². The maximum Gasteiger partial charge on any atom is 0.0605 e. The molecule has 0 radical (unpaired) electrons. The molecule has 2 aromatic carbocycles. The highest BCUT2D eigenvalue weighted by Gasteiger charge is 2.17. The molecule has 3 rings (SSSR count). The second-order valence-corrected chi connectivity index (χ2v) is 4.66. The summed E-state index contributed by atoms with van der Waals surface area (Å²) in [5.74, 6) is 2.75. The predicted octanol–water partition coefficient (Wildman–Crippen LogP) is 3.30. The summed E-state index contributed by atoms with van der Waals surface area (Å²) in [6.07, 6.45) is 5.46. The lowest BCUT2D eigenvalue weighted by Crippen LogP contribution is -2.21. The highest BCUT2D eigenvalue weighted by Crippen LogP contribution is 2.31. The molecule has 0 fully saturated rings. The van der Waals surface area contributed by atoms with E-state index in [0.29, 0.717) is 6.54 Å². The largest absolute Gasteiger partial charge is 0.284 e. The van der Waals surface area contributed by atoms with Gasteiger partial charge in [0.2, 0.25) is 0 Å².